The molecule has 8 nitrogen and oxygen atoms in total. The molecule has 0 saturated carbocycles. The summed E-state index contributed by atoms with van der Waals surface area (Å²) in [6, 6.07) is 12.9. The lowest BCUT2D eigenvalue weighted by molar-refractivity contribution is -0.140. The molecule has 0 aliphatic carbocycles. The molecule has 0 unspecified atom stereocenters. The second kappa shape index (κ2) is 9.10. The monoisotopic (exact) mass is 496 g/mol. The summed E-state index contributed by atoms with van der Waals surface area (Å²) < 4.78 is 56.7. The van der Waals surface area contributed by atoms with Crippen LogP contribution in [0.1, 0.15) is 43.4 Å². The number of nitrogens with two attached hydrogens (primary N) is 1. The first-order chi connectivity index (χ1) is 17.0. The third-order valence-electron chi connectivity index (χ3n) is 5.45. The Morgan fingerprint density at radius 1 is 1.17 bits per heavy atom. The van der Waals surface area contributed by atoms with E-state index in [1.165, 1.54) is 25.1 Å². The van der Waals surface area contributed by atoms with Crippen molar-refractivity contribution in [1.82, 2.24) is 14.8 Å². The van der Waals surface area contributed by atoms with Gasteiger partial charge in [0.1, 0.15) is 11.5 Å². The molecule has 0 bridgehead atoms. The van der Waals surface area contributed by atoms with Crippen LogP contribution in [0.3, 0.4) is 0 Å². The van der Waals surface area contributed by atoms with E-state index in [0.717, 1.165) is 16.8 Å². The highest BCUT2D eigenvalue weighted by Gasteiger charge is 2.39. The molecule has 0 spiro atoms. The van der Waals surface area contributed by atoms with Crippen LogP contribution in [-0.4, -0.2) is 26.6 Å². The van der Waals surface area contributed by atoms with Gasteiger partial charge in [0, 0.05) is 5.39 Å². The van der Waals surface area contributed by atoms with Gasteiger partial charge in [0.25, 0.3) is 5.91 Å². The second-order valence-electron chi connectivity index (χ2n) is 7.74. The topological polar surface area (TPSA) is 127 Å². The summed E-state index contributed by atoms with van der Waals surface area (Å²) in [4.78, 5) is 28.8. The van der Waals surface area contributed by atoms with E-state index in [9.17, 15) is 32.4 Å². The molecule has 3 N–H and O–H groups in total. The number of fused-ring (bicyclic) bond motifs is 1. The molecule has 0 aliphatic rings. The highest BCUT2D eigenvalue weighted by molar-refractivity contribution is 6.10. The molecule has 2 heterocycles. The molecular formula is C24H16F4N6O2. The number of amides is 2. The summed E-state index contributed by atoms with van der Waals surface area (Å²) in [7, 11) is 0. The predicted octanol–water partition coefficient (Wildman–Crippen LogP) is 4.17. The Hall–Kier alpha value is -4.79. The number of aromatic nitrogens is 3. The van der Waals surface area contributed by atoms with Gasteiger partial charge in [-0.3, -0.25) is 14.3 Å². The zero-order chi connectivity index (χ0) is 26.2. The molecule has 0 fully saturated rings. The predicted molar refractivity (Wildman–Crippen MR) is 120 cm³/mol. The van der Waals surface area contributed by atoms with Gasteiger partial charge in [-0.25, -0.2) is 9.37 Å². The van der Waals surface area contributed by atoms with Gasteiger partial charge in [0.05, 0.1) is 40.6 Å². The number of carbonyl (C=O) groups excluding carboxylic acids is 2. The normalized spacial score (nSPS) is 11.3. The quantitative estimate of drug-likeness (QED) is 0.401. The molecule has 0 atom stereocenters. The number of alkyl halides is 3. The average molecular weight is 496 g/mol. The minimum atomic E-state index is -4.92. The van der Waals surface area contributed by atoms with Gasteiger partial charge in [-0.2, -0.15) is 23.5 Å². The van der Waals surface area contributed by atoms with E-state index in [1.54, 1.807) is 18.2 Å². The van der Waals surface area contributed by atoms with E-state index in [0.29, 0.717) is 5.56 Å². The highest BCUT2D eigenvalue weighted by Crippen LogP contribution is 2.36. The fraction of sp³-hybridized carbons (Fsp3) is 0.125. The lowest BCUT2D eigenvalue weighted by Gasteiger charge is -2.11. The number of nitrogens with zero attached hydrogens (tertiary/aromatic N) is 4. The molecular weight excluding hydrogens is 480 g/mol. The molecule has 2 aromatic heterocycles. The molecule has 0 aliphatic heterocycles. The number of anilines is 1. The number of nitriles is 1. The molecule has 182 valence electrons. The summed E-state index contributed by atoms with van der Waals surface area (Å²) in [5, 5.41) is 14.9. The minimum absolute atomic E-state index is 0.0367. The number of primary amides is 1. The summed E-state index contributed by atoms with van der Waals surface area (Å²) >= 11 is 0. The third kappa shape index (κ3) is 4.46. The van der Waals surface area contributed by atoms with Crippen molar-refractivity contribution in [3.63, 3.8) is 0 Å². The van der Waals surface area contributed by atoms with E-state index < -0.39 is 40.9 Å². The lowest BCUT2D eigenvalue weighted by atomic mass is 10.1. The zero-order valence-corrected chi connectivity index (χ0v) is 18.5. The fourth-order valence-corrected chi connectivity index (χ4v) is 3.71. The van der Waals surface area contributed by atoms with Gasteiger partial charge >= 0.3 is 6.18 Å². The van der Waals surface area contributed by atoms with Crippen molar-refractivity contribution in [3.05, 3.63) is 88.1 Å². The van der Waals surface area contributed by atoms with Crippen molar-refractivity contribution in [2.24, 2.45) is 5.73 Å². The molecule has 36 heavy (non-hydrogen) atoms. The van der Waals surface area contributed by atoms with Crippen LogP contribution in [0.2, 0.25) is 0 Å². The SMILES string of the molecule is Cc1c(NC(=O)c2cc(C(N)=O)c3c(F)cccc3n2)c(C(F)(F)F)nn1Cc1ccccc1C#N. The number of benzene rings is 2. The van der Waals surface area contributed by atoms with E-state index in [2.05, 4.69) is 15.4 Å². The second-order valence-corrected chi connectivity index (χ2v) is 7.74. The summed E-state index contributed by atoms with van der Waals surface area (Å²) in [5.74, 6) is -2.93. The number of hydrogen-bond donors (Lipinski definition) is 2. The minimum Gasteiger partial charge on any atom is -0.366 e. The van der Waals surface area contributed by atoms with Crippen molar-refractivity contribution in [3.8, 4) is 6.07 Å². The van der Waals surface area contributed by atoms with Gasteiger partial charge < -0.3 is 11.1 Å². The maximum Gasteiger partial charge on any atom is 0.437 e. The maximum atomic E-state index is 14.3. The molecule has 4 aromatic rings. The van der Waals surface area contributed by atoms with Gasteiger partial charge in [-0.05, 0) is 36.8 Å². The number of rotatable bonds is 5. The maximum absolute atomic E-state index is 14.3. The molecule has 2 aromatic carbocycles. The Kier molecular flexibility index (Phi) is 6.15. The molecule has 12 heteroatoms. The Balaban J connectivity index is 1.77. The lowest BCUT2D eigenvalue weighted by Crippen LogP contribution is -2.20. The van der Waals surface area contributed by atoms with Crippen LogP contribution in [0.5, 0.6) is 0 Å². The standard InChI is InChI=1S/C24H16F4N6O2/c1-12-20(21(24(26,27)28)33-34(12)11-14-6-3-2-5-13(14)10-29)32-23(36)18-9-15(22(30)35)19-16(25)7-4-8-17(19)31-18/h2-9H,11H2,1H3,(H2,30,35)(H,32,36). The van der Waals surface area contributed by atoms with Gasteiger partial charge in [0.15, 0.2) is 5.69 Å². The molecule has 4 rings (SSSR count). The fourth-order valence-electron chi connectivity index (χ4n) is 3.71. The average Bonchev–Trinajstić information content (AvgIpc) is 3.14. The Bertz CT molecular complexity index is 1570. The van der Waals surface area contributed by atoms with Crippen LogP contribution in [0.25, 0.3) is 10.9 Å². The summed E-state index contributed by atoms with van der Waals surface area (Å²) in [6.45, 7) is 1.17. The highest BCUT2D eigenvalue weighted by atomic mass is 19.4. The number of hydrogen-bond acceptors (Lipinski definition) is 5. The van der Waals surface area contributed by atoms with Crippen molar-refractivity contribution >= 4 is 28.4 Å². The largest absolute Gasteiger partial charge is 0.437 e. The van der Waals surface area contributed by atoms with Crippen LogP contribution in [0.4, 0.5) is 23.2 Å². The van der Waals surface area contributed by atoms with Gasteiger partial charge in [0.2, 0.25) is 5.91 Å². The number of nitrogens with one attached hydrogen (secondary N) is 1. The van der Waals surface area contributed by atoms with Crippen LogP contribution < -0.4 is 11.1 Å². The van der Waals surface area contributed by atoms with Crippen LogP contribution >= 0.6 is 0 Å². The van der Waals surface area contributed by atoms with Crippen molar-refractivity contribution in [2.45, 2.75) is 19.6 Å². The molecule has 2 amide bonds. The number of carbonyl (C=O) groups is 2. The first-order valence-electron chi connectivity index (χ1n) is 10.3. The van der Waals surface area contributed by atoms with Crippen molar-refractivity contribution in [1.29, 1.82) is 5.26 Å². The number of halogens is 4. The molecule has 0 saturated heterocycles. The summed E-state index contributed by atoms with van der Waals surface area (Å²) in [5.41, 5.74) is 3.13. The number of pyridine rings is 1. The first kappa shape index (κ1) is 24.3. The van der Waals surface area contributed by atoms with Crippen molar-refractivity contribution in [2.75, 3.05) is 5.32 Å². The molecule has 0 radical (unpaired) electrons. The Labute approximate surface area is 201 Å². The first-order valence-corrected chi connectivity index (χ1v) is 10.3. The zero-order valence-electron chi connectivity index (χ0n) is 18.5. The summed E-state index contributed by atoms with van der Waals surface area (Å²) in [6.07, 6.45) is -4.92. The van der Waals surface area contributed by atoms with Gasteiger partial charge in [-0.15, -0.1) is 0 Å². The van der Waals surface area contributed by atoms with Gasteiger partial charge in [-0.1, -0.05) is 24.3 Å². The van der Waals surface area contributed by atoms with E-state index in [1.807, 2.05) is 6.07 Å². The van der Waals surface area contributed by atoms with E-state index in [4.69, 9.17) is 5.73 Å². The van der Waals surface area contributed by atoms with E-state index >= 15 is 0 Å². The van der Waals surface area contributed by atoms with E-state index in [-0.39, 0.29) is 34.3 Å². The van der Waals surface area contributed by atoms with Crippen molar-refractivity contribution < 1.29 is 27.2 Å². The third-order valence-corrected chi connectivity index (χ3v) is 5.45. The Morgan fingerprint density at radius 3 is 2.56 bits per heavy atom. The van der Waals surface area contributed by atoms with Crippen LogP contribution in [0.15, 0.2) is 48.5 Å². The Morgan fingerprint density at radius 2 is 1.89 bits per heavy atom. The van der Waals surface area contributed by atoms with Crippen LogP contribution in [-0.2, 0) is 12.7 Å². The van der Waals surface area contributed by atoms with Crippen LogP contribution in [0, 0.1) is 24.1 Å². The smallest absolute Gasteiger partial charge is 0.366 e.